The molecule has 0 aromatic carbocycles. The van der Waals surface area contributed by atoms with E-state index in [0.717, 1.165) is 37.7 Å². The normalized spacial score (nSPS) is 19.4. The zero-order valence-electron chi connectivity index (χ0n) is 15.6. The van der Waals surface area contributed by atoms with Crippen LogP contribution >= 0.6 is 11.8 Å². The molecule has 0 bridgehead atoms. The van der Waals surface area contributed by atoms with Crippen LogP contribution in [0.15, 0.2) is 6.20 Å². The Balaban J connectivity index is 1.50. The fourth-order valence-electron chi connectivity index (χ4n) is 3.36. The number of halogens is 3. The Morgan fingerprint density at radius 2 is 1.96 bits per heavy atom. The van der Waals surface area contributed by atoms with Crippen LogP contribution in [0.5, 0.6) is 0 Å². The molecule has 0 amide bonds. The van der Waals surface area contributed by atoms with Crippen LogP contribution in [0, 0.1) is 0 Å². The van der Waals surface area contributed by atoms with Crippen molar-refractivity contribution < 1.29 is 13.5 Å². The SMILES string of the molecule is CC1N(Cl)C=C(OC(F)F)c2nc(CCc3nc(N4CCCC4)nn3C)nn21. The Kier molecular flexibility index (Phi) is 5.09. The molecule has 1 fully saturated rings. The first-order valence-electron chi connectivity index (χ1n) is 9.14. The second-order valence-electron chi connectivity index (χ2n) is 6.79. The molecule has 2 aliphatic rings. The van der Waals surface area contributed by atoms with E-state index in [0.29, 0.717) is 18.7 Å². The average molecular weight is 415 g/mol. The Labute approximate surface area is 165 Å². The first-order chi connectivity index (χ1) is 13.4. The highest BCUT2D eigenvalue weighted by Crippen LogP contribution is 2.30. The van der Waals surface area contributed by atoms with Gasteiger partial charge in [-0.05, 0) is 19.8 Å². The number of fused-ring (bicyclic) bond motifs is 1. The Hall–Kier alpha value is -2.43. The van der Waals surface area contributed by atoms with Gasteiger partial charge in [0.05, 0.1) is 6.20 Å². The van der Waals surface area contributed by atoms with Crippen LogP contribution < -0.4 is 4.90 Å². The minimum atomic E-state index is -2.97. The zero-order chi connectivity index (χ0) is 19.8. The molecule has 0 radical (unpaired) electrons. The predicted molar refractivity (Wildman–Crippen MR) is 97.3 cm³/mol. The lowest BCUT2D eigenvalue weighted by Gasteiger charge is -2.26. The van der Waals surface area contributed by atoms with Crippen molar-refractivity contribution in [1.82, 2.24) is 33.9 Å². The molecule has 2 aromatic heterocycles. The molecule has 152 valence electrons. The van der Waals surface area contributed by atoms with Crippen LogP contribution in [0.1, 0.15) is 43.4 Å². The van der Waals surface area contributed by atoms with Crippen molar-refractivity contribution in [2.24, 2.45) is 7.05 Å². The highest BCUT2D eigenvalue weighted by Gasteiger charge is 2.29. The quantitative estimate of drug-likeness (QED) is 0.671. The van der Waals surface area contributed by atoms with Gasteiger partial charge in [-0.2, -0.15) is 18.9 Å². The number of hydrogen-bond acceptors (Lipinski definition) is 7. The van der Waals surface area contributed by atoms with E-state index < -0.39 is 6.61 Å². The first-order valence-corrected chi connectivity index (χ1v) is 9.47. The fourth-order valence-corrected chi connectivity index (χ4v) is 3.53. The van der Waals surface area contributed by atoms with Gasteiger partial charge in [-0.15, -0.1) is 5.10 Å². The van der Waals surface area contributed by atoms with Gasteiger partial charge in [0.25, 0.3) is 0 Å². The average Bonchev–Trinajstić information content (AvgIpc) is 3.37. The lowest BCUT2D eigenvalue weighted by atomic mass is 10.3. The summed E-state index contributed by atoms with van der Waals surface area (Å²) in [6.07, 6.45) is 4.29. The van der Waals surface area contributed by atoms with Crippen molar-refractivity contribution >= 4 is 23.5 Å². The molecular weight excluding hydrogens is 394 g/mol. The van der Waals surface area contributed by atoms with E-state index in [9.17, 15) is 8.78 Å². The van der Waals surface area contributed by atoms with Gasteiger partial charge in [-0.25, -0.2) is 9.67 Å². The van der Waals surface area contributed by atoms with Crippen LogP contribution in [-0.2, 0) is 24.6 Å². The number of hydrogen-bond donors (Lipinski definition) is 0. The van der Waals surface area contributed by atoms with Crippen molar-refractivity contribution in [3.63, 3.8) is 0 Å². The third-order valence-corrected chi connectivity index (χ3v) is 5.25. The number of alkyl halides is 2. The monoisotopic (exact) mass is 414 g/mol. The summed E-state index contributed by atoms with van der Waals surface area (Å²) in [7, 11) is 1.86. The molecular formula is C16H21ClF2N8O. The maximum Gasteiger partial charge on any atom is 0.387 e. The van der Waals surface area contributed by atoms with Crippen LogP contribution in [-0.4, -0.2) is 53.6 Å². The third kappa shape index (κ3) is 3.62. The van der Waals surface area contributed by atoms with Gasteiger partial charge in [0.15, 0.2) is 17.4 Å². The van der Waals surface area contributed by atoms with Gasteiger partial charge in [0.2, 0.25) is 5.95 Å². The van der Waals surface area contributed by atoms with Gasteiger partial charge >= 0.3 is 6.61 Å². The molecule has 0 saturated carbocycles. The second kappa shape index (κ2) is 7.53. The van der Waals surface area contributed by atoms with Crippen molar-refractivity contribution in [2.45, 2.75) is 45.4 Å². The zero-order valence-corrected chi connectivity index (χ0v) is 16.4. The van der Waals surface area contributed by atoms with Crippen LogP contribution in [0.2, 0.25) is 0 Å². The Bertz CT molecular complexity index is 876. The van der Waals surface area contributed by atoms with E-state index in [1.165, 1.54) is 15.3 Å². The van der Waals surface area contributed by atoms with Crippen molar-refractivity contribution in [3.8, 4) is 0 Å². The number of rotatable bonds is 6. The number of ether oxygens (including phenoxy) is 1. The van der Waals surface area contributed by atoms with E-state index >= 15 is 0 Å². The second-order valence-corrected chi connectivity index (χ2v) is 7.18. The Morgan fingerprint density at radius 1 is 1.21 bits per heavy atom. The number of aromatic nitrogens is 6. The van der Waals surface area contributed by atoms with E-state index in [4.69, 9.17) is 11.8 Å². The molecule has 4 heterocycles. The number of nitrogens with zero attached hydrogens (tertiary/aromatic N) is 8. The molecule has 1 atom stereocenters. The summed E-state index contributed by atoms with van der Waals surface area (Å²) < 4.78 is 34.4. The fraction of sp³-hybridized carbons (Fsp3) is 0.625. The van der Waals surface area contributed by atoms with E-state index in [1.807, 2.05) is 7.05 Å². The number of aryl methyl sites for hydroxylation is 3. The van der Waals surface area contributed by atoms with Gasteiger partial charge in [0, 0.05) is 44.8 Å². The van der Waals surface area contributed by atoms with Gasteiger partial charge in [-0.3, -0.25) is 9.10 Å². The third-order valence-electron chi connectivity index (χ3n) is 4.87. The molecule has 0 aliphatic carbocycles. The van der Waals surface area contributed by atoms with E-state index in [1.54, 1.807) is 11.6 Å². The van der Waals surface area contributed by atoms with Crippen LogP contribution in [0.25, 0.3) is 5.76 Å². The summed E-state index contributed by atoms with van der Waals surface area (Å²) in [6.45, 7) is 0.770. The molecule has 28 heavy (non-hydrogen) atoms. The van der Waals surface area contributed by atoms with Crippen LogP contribution in [0.4, 0.5) is 14.7 Å². The first kappa shape index (κ1) is 18.9. The minimum Gasteiger partial charge on any atom is -0.429 e. The van der Waals surface area contributed by atoms with E-state index in [2.05, 4.69) is 29.8 Å². The largest absolute Gasteiger partial charge is 0.429 e. The van der Waals surface area contributed by atoms with E-state index in [-0.39, 0.29) is 17.7 Å². The number of anilines is 1. The maximum atomic E-state index is 12.7. The standard InChI is InChI=1S/C16H21ClF2N8O/c1-10-26(17)9-11(28-15(18)19)14-20-12(22-27(10)14)5-6-13-21-16(23-24(13)2)25-7-3-4-8-25/h9-10,15H,3-8H2,1-2H3. The molecule has 2 aromatic rings. The molecule has 4 rings (SSSR count). The molecule has 1 saturated heterocycles. The summed E-state index contributed by atoms with van der Waals surface area (Å²) >= 11 is 6.06. The van der Waals surface area contributed by atoms with Crippen molar-refractivity contribution in [2.75, 3.05) is 18.0 Å². The smallest absolute Gasteiger partial charge is 0.387 e. The molecule has 0 spiro atoms. The minimum absolute atomic E-state index is 0.114. The summed E-state index contributed by atoms with van der Waals surface area (Å²) in [5, 5.41) is 8.90. The molecule has 9 nitrogen and oxygen atoms in total. The highest BCUT2D eigenvalue weighted by molar-refractivity contribution is 6.14. The predicted octanol–water partition coefficient (Wildman–Crippen LogP) is 2.32. The van der Waals surface area contributed by atoms with Crippen LogP contribution in [0.3, 0.4) is 0 Å². The van der Waals surface area contributed by atoms with Gasteiger partial charge in [0.1, 0.15) is 12.0 Å². The van der Waals surface area contributed by atoms with Crippen molar-refractivity contribution in [1.29, 1.82) is 0 Å². The lowest BCUT2D eigenvalue weighted by molar-refractivity contribution is -0.0735. The van der Waals surface area contributed by atoms with Gasteiger partial charge < -0.3 is 9.64 Å². The van der Waals surface area contributed by atoms with Gasteiger partial charge in [-0.1, -0.05) is 0 Å². The summed E-state index contributed by atoms with van der Waals surface area (Å²) in [4.78, 5) is 11.2. The molecule has 0 N–H and O–H groups in total. The Morgan fingerprint density at radius 3 is 2.68 bits per heavy atom. The highest BCUT2D eigenvalue weighted by atomic mass is 35.5. The molecule has 1 unspecified atom stereocenters. The summed E-state index contributed by atoms with van der Waals surface area (Å²) in [5.74, 6) is 2.19. The summed E-state index contributed by atoms with van der Waals surface area (Å²) in [6, 6.07) is 0. The maximum absolute atomic E-state index is 12.7. The molecule has 12 heteroatoms. The molecule has 2 aliphatic heterocycles. The lowest BCUT2D eigenvalue weighted by Crippen LogP contribution is -2.26. The summed E-state index contributed by atoms with van der Waals surface area (Å²) in [5.41, 5.74) is 0. The topological polar surface area (TPSA) is 77.1 Å². The van der Waals surface area contributed by atoms with Crippen molar-refractivity contribution in [3.05, 3.63) is 23.7 Å².